The van der Waals surface area contributed by atoms with E-state index >= 15 is 0 Å². The van der Waals surface area contributed by atoms with E-state index in [-0.39, 0.29) is 11.1 Å². The highest BCUT2D eigenvalue weighted by Gasteiger charge is 2.09. The van der Waals surface area contributed by atoms with Crippen molar-refractivity contribution < 1.29 is 4.79 Å². The van der Waals surface area contributed by atoms with Crippen molar-refractivity contribution in [3.05, 3.63) is 27.2 Å². The minimum absolute atomic E-state index is 0.260. The monoisotopic (exact) mass is 266 g/mol. The van der Waals surface area contributed by atoms with Gasteiger partial charge in [0.2, 0.25) is 0 Å². The number of halogens is 3. The van der Waals surface area contributed by atoms with Crippen LogP contribution in [0.4, 0.5) is 10.5 Å². The predicted molar refractivity (Wildman–Crippen MR) is 64.2 cm³/mol. The average molecular weight is 268 g/mol. The summed E-state index contributed by atoms with van der Waals surface area (Å²) in [5, 5.41) is 3.50. The topological polar surface area (TPSA) is 32.3 Å². The molecule has 0 heterocycles. The third-order valence-electron chi connectivity index (χ3n) is 1.64. The fourth-order valence-electron chi connectivity index (χ4n) is 0.863. The number of benzene rings is 1. The summed E-state index contributed by atoms with van der Waals surface area (Å²) in [5.74, 6) is 0. The standard InChI is InChI=1S/C9H9Cl3N2O/c1-14(2)9(15)13-5-3-6(10)8(12)7(11)4-5/h3-4H,1-2H3,(H,13,15). The number of nitrogens with one attached hydrogen (secondary N) is 1. The van der Waals surface area contributed by atoms with Gasteiger partial charge in [-0.1, -0.05) is 34.8 Å². The van der Waals surface area contributed by atoms with Gasteiger partial charge in [-0.15, -0.1) is 0 Å². The number of amides is 2. The number of nitrogens with zero attached hydrogens (tertiary/aromatic N) is 1. The molecule has 1 rings (SSSR count). The Morgan fingerprint density at radius 2 is 1.67 bits per heavy atom. The molecule has 2 amide bonds. The molecule has 6 heteroatoms. The van der Waals surface area contributed by atoms with Gasteiger partial charge in [-0.25, -0.2) is 4.79 Å². The number of carbonyl (C=O) groups is 1. The van der Waals surface area contributed by atoms with E-state index in [1.165, 1.54) is 17.0 Å². The number of carbonyl (C=O) groups excluding carboxylic acids is 1. The largest absolute Gasteiger partial charge is 0.331 e. The van der Waals surface area contributed by atoms with Crippen LogP contribution in [0.15, 0.2) is 12.1 Å². The predicted octanol–water partition coefficient (Wildman–Crippen LogP) is 3.74. The second-order valence-electron chi connectivity index (χ2n) is 3.08. The summed E-state index contributed by atoms with van der Waals surface area (Å²) in [4.78, 5) is 12.7. The summed E-state index contributed by atoms with van der Waals surface area (Å²) in [6.07, 6.45) is 0. The quantitative estimate of drug-likeness (QED) is 0.772. The lowest BCUT2D eigenvalue weighted by Gasteiger charge is -2.12. The molecule has 0 fully saturated rings. The van der Waals surface area contributed by atoms with Crippen LogP contribution >= 0.6 is 34.8 Å². The Balaban J connectivity index is 2.93. The van der Waals surface area contributed by atoms with Gasteiger partial charge in [0.05, 0.1) is 15.1 Å². The van der Waals surface area contributed by atoms with Gasteiger partial charge in [-0.2, -0.15) is 0 Å². The Labute approximate surface area is 103 Å². The fraction of sp³-hybridized carbons (Fsp3) is 0.222. The first kappa shape index (κ1) is 12.4. The van der Waals surface area contributed by atoms with Gasteiger partial charge >= 0.3 is 6.03 Å². The molecule has 82 valence electrons. The Bertz CT molecular complexity index is 370. The average Bonchev–Trinajstić information content (AvgIpc) is 2.13. The molecule has 0 aliphatic heterocycles. The van der Waals surface area contributed by atoms with Crippen molar-refractivity contribution in [2.45, 2.75) is 0 Å². The summed E-state index contributed by atoms with van der Waals surface area (Å²) in [6.45, 7) is 0. The summed E-state index contributed by atoms with van der Waals surface area (Å²) in [6, 6.07) is 2.82. The maximum Gasteiger partial charge on any atom is 0.321 e. The van der Waals surface area contributed by atoms with Crippen LogP contribution < -0.4 is 5.32 Å². The highest BCUT2D eigenvalue weighted by atomic mass is 35.5. The summed E-state index contributed by atoms with van der Waals surface area (Å²) >= 11 is 17.4. The summed E-state index contributed by atoms with van der Waals surface area (Å²) < 4.78 is 0. The fourth-order valence-corrected chi connectivity index (χ4v) is 1.46. The Morgan fingerprint density at radius 3 is 2.07 bits per heavy atom. The molecule has 0 atom stereocenters. The van der Waals surface area contributed by atoms with Crippen LogP contribution in [0.1, 0.15) is 0 Å². The molecule has 15 heavy (non-hydrogen) atoms. The van der Waals surface area contributed by atoms with Crippen molar-refractivity contribution in [3.8, 4) is 0 Å². The van der Waals surface area contributed by atoms with Gasteiger partial charge in [0.15, 0.2) is 0 Å². The normalized spacial score (nSPS) is 9.93. The number of rotatable bonds is 1. The van der Waals surface area contributed by atoms with Crippen LogP contribution in [0, 0.1) is 0 Å². The molecule has 0 aliphatic carbocycles. The molecule has 1 aromatic rings. The molecule has 0 saturated heterocycles. The molecule has 0 unspecified atom stereocenters. The molecule has 3 nitrogen and oxygen atoms in total. The molecule has 0 aromatic heterocycles. The lowest BCUT2D eigenvalue weighted by molar-refractivity contribution is 0.230. The molecule has 1 N–H and O–H groups in total. The molecular formula is C9H9Cl3N2O. The minimum Gasteiger partial charge on any atom is -0.331 e. The zero-order valence-corrected chi connectivity index (χ0v) is 10.4. The second-order valence-corrected chi connectivity index (χ2v) is 4.27. The lowest BCUT2D eigenvalue weighted by Crippen LogP contribution is -2.27. The van der Waals surface area contributed by atoms with Gasteiger partial charge < -0.3 is 10.2 Å². The summed E-state index contributed by atoms with van der Waals surface area (Å²) in [5.41, 5.74) is 0.508. The van der Waals surface area contributed by atoms with E-state index < -0.39 is 0 Å². The van der Waals surface area contributed by atoms with Crippen molar-refractivity contribution in [1.29, 1.82) is 0 Å². The minimum atomic E-state index is -0.260. The van der Waals surface area contributed by atoms with Crippen molar-refractivity contribution in [1.82, 2.24) is 4.90 Å². The second kappa shape index (κ2) is 4.92. The zero-order chi connectivity index (χ0) is 11.6. The molecule has 0 bridgehead atoms. The third kappa shape index (κ3) is 3.16. The van der Waals surface area contributed by atoms with Crippen molar-refractivity contribution in [3.63, 3.8) is 0 Å². The van der Waals surface area contributed by atoms with E-state index in [9.17, 15) is 4.79 Å². The van der Waals surface area contributed by atoms with Gasteiger partial charge in [-0.05, 0) is 12.1 Å². The number of hydrogen-bond acceptors (Lipinski definition) is 1. The van der Waals surface area contributed by atoms with Crippen LogP contribution in [0.3, 0.4) is 0 Å². The molecule has 0 aliphatic rings. The van der Waals surface area contributed by atoms with Crippen LogP contribution in [-0.4, -0.2) is 25.0 Å². The first-order valence-corrected chi connectivity index (χ1v) is 5.18. The maximum atomic E-state index is 11.3. The van der Waals surface area contributed by atoms with Crippen LogP contribution in [0.25, 0.3) is 0 Å². The van der Waals surface area contributed by atoms with Crippen LogP contribution in [0.5, 0.6) is 0 Å². The van der Waals surface area contributed by atoms with E-state index in [0.29, 0.717) is 15.7 Å². The molecule has 0 spiro atoms. The zero-order valence-electron chi connectivity index (χ0n) is 8.14. The van der Waals surface area contributed by atoms with Crippen LogP contribution in [0.2, 0.25) is 15.1 Å². The number of anilines is 1. The first-order chi connectivity index (χ1) is 6.91. The van der Waals surface area contributed by atoms with Crippen LogP contribution in [-0.2, 0) is 0 Å². The van der Waals surface area contributed by atoms with Gasteiger partial charge in [0.25, 0.3) is 0 Å². The lowest BCUT2D eigenvalue weighted by atomic mass is 10.3. The van der Waals surface area contributed by atoms with E-state index in [1.54, 1.807) is 14.1 Å². The van der Waals surface area contributed by atoms with E-state index in [0.717, 1.165) is 0 Å². The van der Waals surface area contributed by atoms with Crippen molar-refractivity contribution >= 4 is 46.5 Å². The summed E-state index contributed by atoms with van der Waals surface area (Å²) in [7, 11) is 3.27. The van der Waals surface area contributed by atoms with E-state index in [2.05, 4.69) is 5.32 Å². The molecule has 1 aromatic carbocycles. The third-order valence-corrected chi connectivity index (χ3v) is 2.84. The van der Waals surface area contributed by atoms with E-state index in [4.69, 9.17) is 34.8 Å². The van der Waals surface area contributed by atoms with E-state index in [1.807, 2.05) is 0 Å². The number of urea groups is 1. The highest BCUT2D eigenvalue weighted by Crippen LogP contribution is 2.33. The Morgan fingerprint density at radius 1 is 1.20 bits per heavy atom. The molecular weight excluding hydrogens is 258 g/mol. The van der Waals surface area contributed by atoms with Gasteiger partial charge in [0.1, 0.15) is 0 Å². The van der Waals surface area contributed by atoms with Gasteiger partial charge in [0, 0.05) is 19.8 Å². The van der Waals surface area contributed by atoms with Gasteiger partial charge in [-0.3, -0.25) is 0 Å². The molecule has 0 radical (unpaired) electrons. The van der Waals surface area contributed by atoms with Crippen molar-refractivity contribution in [2.24, 2.45) is 0 Å². The van der Waals surface area contributed by atoms with Crippen molar-refractivity contribution in [2.75, 3.05) is 19.4 Å². The number of hydrogen-bond donors (Lipinski definition) is 1. The Kier molecular flexibility index (Phi) is 4.08. The smallest absolute Gasteiger partial charge is 0.321 e. The molecule has 0 saturated carbocycles. The first-order valence-electron chi connectivity index (χ1n) is 4.04. The maximum absolute atomic E-state index is 11.3. The highest BCUT2D eigenvalue weighted by molar-refractivity contribution is 6.48. The Hall–Kier alpha value is -0.640. The SMILES string of the molecule is CN(C)C(=O)Nc1cc(Cl)c(Cl)c(Cl)c1.